The lowest BCUT2D eigenvalue weighted by Gasteiger charge is -2.29. The summed E-state index contributed by atoms with van der Waals surface area (Å²) in [4.78, 5) is 0. The lowest BCUT2D eigenvalue weighted by Crippen LogP contribution is -2.24. The highest BCUT2D eigenvalue weighted by atomic mass is 31.1. The second kappa shape index (κ2) is 7.55. The first-order valence-electron chi connectivity index (χ1n) is 7.90. The fraction of sp³-hybridized carbons (Fsp3) is 0.143. The predicted molar refractivity (Wildman–Crippen MR) is 99.9 cm³/mol. The minimum absolute atomic E-state index is 0.136. The van der Waals surface area contributed by atoms with Gasteiger partial charge in [0, 0.05) is 5.66 Å². The van der Waals surface area contributed by atoms with Crippen molar-refractivity contribution in [3.8, 4) is 0 Å². The SMILES string of the molecule is C[C@@H]([C@@H](O)c1ccccc1)P(c1ccccc1)c1ccccc1. The van der Waals surface area contributed by atoms with Gasteiger partial charge in [0.1, 0.15) is 0 Å². The smallest absolute Gasteiger partial charge is 0.0860 e. The third-order valence-electron chi connectivity index (χ3n) is 4.07. The topological polar surface area (TPSA) is 20.2 Å². The Morgan fingerprint density at radius 3 is 1.48 bits per heavy atom. The summed E-state index contributed by atoms with van der Waals surface area (Å²) in [6, 6.07) is 31.1. The lowest BCUT2D eigenvalue weighted by molar-refractivity contribution is 0.178. The van der Waals surface area contributed by atoms with Gasteiger partial charge in [-0.15, -0.1) is 0 Å². The summed E-state index contributed by atoms with van der Waals surface area (Å²) >= 11 is 0. The standard InChI is InChI=1S/C21H21OP/c1-17(21(22)18-11-5-2-6-12-18)23(19-13-7-3-8-14-19)20-15-9-4-10-16-20/h2-17,21-22H,1H3/t17-,21+/m0/s1. The van der Waals surface area contributed by atoms with E-state index in [2.05, 4.69) is 55.5 Å². The van der Waals surface area contributed by atoms with E-state index in [1.165, 1.54) is 10.6 Å². The normalized spacial score (nSPS) is 13.7. The third kappa shape index (κ3) is 3.69. The summed E-state index contributed by atoms with van der Waals surface area (Å²) in [5, 5.41) is 13.5. The molecule has 0 aliphatic rings. The van der Waals surface area contributed by atoms with Crippen molar-refractivity contribution in [3.63, 3.8) is 0 Å². The summed E-state index contributed by atoms with van der Waals surface area (Å²) < 4.78 is 0. The molecule has 1 nitrogen and oxygen atoms in total. The number of hydrogen-bond donors (Lipinski definition) is 1. The largest absolute Gasteiger partial charge is 0.388 e. The first kappa shape index (κ1) is 15.9. The maximum atomic E-state index is 10.9. The van der Waals surface area contributed by atoms with Crippen LogP contribution in [-0.4, -0.2) is 10.8 Å². The van der Waals surface area contributed by atoms with E-state index >= 15 is 0 Å². The Kier molecular flexibility index (Phi) is 5.23. The van der Waals surface area contributed by atoms with Crippen LogP contribution in [0.5, 0.6) is 0 Å². The van der Waals surface area contributed by atoms with E-state index in [0.717, 1.165) is 5.56 Å². The van der Waals surface area contributed by atoms with Crippen molar-refractivity contribution < 1.29 is 5.11 Å². The zero-order valence-corrected chi connectivity index (χ0v) is 14.1. The molecule has 2 heteroatoms. The Balaban J connectivity index is 1.98. The van der Waals surface area contributed by atoms with E-state index in [9.17, 15) is 5.11 Å². The van der Waals surface area contributed by atoms with Gasteiger partial charge in [-0.25, -0.2) is 0 Å². The van der Waals surface area contributed by atoms with Crippen LogP contribution < -0.4 is 10.6 Å². The summed E-state index contributed by atoms with van der Waals surface area (Å²) in [6.07, 6.45) is -0.470. The molecule has 0 heterocycles. The van der Waals surface area contributed by atoms with Crippen LogP contribution in [0.3, 0.4) is 0 Å². The van der Waals surface area contributed by atoms with Gasteiger partial charge in [-0.1, -0.05) is 97.9 Å². The van der Waals surface area contributed by atoms with E-state index < -0.39 is 14.0 Å². The van der Waals surface area contributed by atoms with E-state index in [1.807, 2.05) is 42.5 Å². The average Bonchev–Trinajstić information content (AvgIpc) is 2.64. The Bertz CT molecular complexity index is 673. The molecule has 0 amide bonds. The lowest BCUT2D eigenvalue weighted by atomic mass is 10.1. The second-order valence-electron chi connectivity index (χ2n) is 5.64. The van der Waals surface area contributed by atoms with Gasteiger partial charge in [0.05, 0.1) is 6.10 Å². The maximum Gasteiger partial charge on any atom is 0.0860 e. The summed E-state index contributed by atoms with van der Waals surface area (Å²) in [6.45, 7) is 2.16. The average molecular weight is 320 g/mol. The molecule has 0 saturated heterocycles. The van der Waals surface area contributed by atoms with Gasteiger partial charge in [-0.05, 0) is 24.1 Å². The first-order chi connectivity index (χ1) is 11.3. The van der Waals surface area contributed by atoms with Crippen LogP contribution in [0.15, 0.2) is 91.0 Å². The van der Waals surface area contributed by atoms with Crippen molar-refractivity contribution >= 4 is 18.5 Å². The van der Waals surface area contributed by atoms with Crippen molar-refractivity contribution in [2.45, 2.75) is 18.7 Å². The molecule has 0 aliphatic carbocycles. The van der Waals surface area contributed by atoms with Crippen molar-refractivity contribution in [2.24, 2.45) is 0 Å². The quantitative estimate of drug-likeness (QED) is 0.697. The Morgan fingerprint density at radius 2 is 1.04 bits per heavy atom. The highest BCUT2D eigenvalue weighted by Gasteiger charge is 2.27. The van der Waals surface area contributed by atoms with Gasteiger partial charge in [-0.2, -0.15) is 0 Å². The van der Waals surface area contributed by atoms with Crippen LogP contribution >= 0.6 is 7.92 Å². The van der Waals surface area contributed by atoms with Crippen molar-refractivity contribution in [1.82, 2.24) is 0 Å². The molecule has 3 rings (SSSR count). The highest BCUT2D eigenvalue weighted by Crippen LogP contribution is 2.44. The van der Waals surface area contributed by atoms with Gasteiger partial charge in [0.25, 0.3) is 0 Å². The second-order valence-corrected chi connectivity index (χ2v) is 8.22. The third-order valence-corrected chi connectivity index (χ3v) is 6.88. The van der Waals surface area contributed by atoms with Gasteiger partial charge in [0.2, 0.25) is 0 Å². The van der Waals surface area contributed by atoms with Crippen LogP contribution in [0.25, 0.3) is 0 Å². The molecule has 2 atom stereocenters. The van der Waals surface area contributed by atoms with Gasteiger partial charge < -0.3 is 5.11 Å². The fourth-order valence-electron chi connectivity index (χ4n) is 2.87. The van der Waals surface area contributed by atoms with Crippen molar-refractivity contribution in [3.05, 3.63) is 96.6 Å². The summed E-state index contributed by atoms with van der Waals surface area (Å²) in [5.74, 6) is 0. The predicted octanol–water partition coefficient (Wildman–Crippen LogP) is 4.24. The number of benzene rings is 3. The zero-order valence-electron chi connectivity index (χ0n) is 13.2. The molecule has 23 heavy (non-hydrogen) atoms. The molecule has 0 saturated carbocycles. The maximum absolute atomic E-state index is 10.9. The number of hydrogen-bond acceptors (Lipinski definition) is 1. The van der Waals surface area contributed by atoms with Crippen LogP contribution in [0.2, 0.25) is 0 Å². The molecule has 0 fully saturated rings. The Labute approximate surface area is 139 Å². The van der Waals surface area contributed by atoms with Gasteiger partial charge in [-0.3, -0.25) is 0 Å². The highest BCUT2D eigenvalue weighted by molar-refractivity contribution is 7.73. The molecule has 3 aromatic rings. The number of aliphatic hydroxyl groups excluding tert-OH is 1. The van der Waals surface area contributed by atoms with Crippen LogP contribution in [0.1, 0.15) is 18.6 Å². The molecule has 0 aromatic heterocycles. The molecule has 116 valence electrons. The minimum atomic E-state index is -0.625. The fourth-order valence-corrected chi connectivity index (χ4v) is 5.55. The van der Waals surface area contributed by atoms with Crippen LogP contribution in [0, 0.1) is 0 Å². The van der Waals surface area contributed by atoms with E-state index in [1.54, 1.807) is 0 Å². The molecule has 0 radical (unpaired) electrons. The van der Waals surface area contributed by atoms with Gasteiger partial charge in [0.15, 0.2) is 0 Å². The number of aliphatic hydroxyl groups is 1. The molecule has 0 unspecified atom stereocenters. The van der Waals surface area contributed by atoms with Crippen LogP contribution in [-0.2, 0) is 0 Å². The molecule has 0 bridgehead atoms. The molecule has 0 aliphatic heterocycles. The van der Waals surface area contributed by atoms with Crippen LogP contribution in [0.4, 0.5) is 0 Å². The Hall–Kier alpha value is -1.95. The molecule has 1 N–H and O–H groups in total. The molecule has 3 aromatic carbocycles. The minimum Gasteiger partial charge on any atom is -0.388 e. The van der Waals surface area contributed by atoms with Crippen molar-refractivity contribution in [1.29, 1.82) is 0 Å². The Morgan fingerprint density at radius 1 is 0.652 bits per heavy atom. The summed E-state index contributed by atoms with van der Waals surface area (Å²) in [5.41, 5.74) is 1.12. The van der Waals surface area contributed by atoms with E-state index in [4.69, 9.17) is 0 Å². The van der Waals surface area contributed by atoms with Crippen molar-refractivity contribution in [2.75, 3.05) is 0 Å². The first-order valence-corrected chi connectivity index (χ1v) is 9.31. The van der Waals surface area contributed by atoms with E-state index in [0.29, 0.717) is 0 Å². The monoisotopic (exact) mass is 320 g/mol. The molecular weight excluding hydrogens is 299 g/mol. The van der Waals surface area contributed by atoms with E-state index in [-0.39, 0.29) is 5.66 Å². The number of rotatable bonds is 5. The molecular formula is C21H21OP. The molecule has 0 spiro atoms. The zero-order chi connectivity index (χ0) is 16.1. The summed E-state index contributed by atoms with van der Waals surface area (Å²) in [7, 11) is -0.625. The van der Waals surface area contributed by atoms with Gasteiger partial charge >= 0.3 is 0 Å².